The Hall–Kier alpha value is -1.23. The van der Waals surface area contributed by atoms with E-state index >= 15 is 0 Å². The van der Waals surface area contributed by atoms with Gasteiger partial charge in [-0.05, 0) is 30.3 Å². The van der Waals surface area contributed by atoms with Crippen molar-refractivity contribution < 1.29 is 4.74 Å². The maximum Gasteiger partial charge on any atom is 0.124 e. The molecule has 0 aromatic heterocycles. The zero-order valence-electron chi connectivity index (χ0n) is 10.3. The molecule has 0 bridgehead atoms. The summed E-state index contributed by atoms with van der Waals surface area (Å²) in [6.45, 7) is 0.335. The van der Waals surface area contributed by atoms with Gasteiger partial charge in [-0.2, -0.15) is 0 Å². The van der Waals surface area contributed by atoms with Gasteiger partial charge in [-0.3, -0.25) is 5.41 Å². The minimum Gasteiger partial charge on any atom is -0.489 e. The molecule has 0 aliphatic carbocycles. The molecule has 2 aromatic rings. The van der Waals surface area contributed by atoms with Crippen LogP contribution in [0.2, 0.25) is 10.0 Å². The topological polar surface area (TPSA) is 59.1 Å². The molecule has 3 nitrogen and oxygen atoms in total. The fourth-order valence-electron chi connectivity index (χ4n) is 1.60. The molecule has 2 aromatic carbocycles. The van der Waals surface area contributed by atoms with Crippen LogP contribution in [0.25, 0.3) is 0 Å². The smallest absolute Gasteiger partial charge is 0.124 e. The van der Waals surface area contributed by atoms with Gasteiger partial charge in [0.1, 0.15) is 18.2 Å². The van der Waals surface area contributed by atoms with Crippen LogP contribution >= 0.6 is 39.1 Å². The molecule has 2 rings (SSSR count). The highest BCUT2D eigenvalue weighted by molar-refractivity contribution is 9.10. The first kappa shape index (κ1) is 15.2. The minimum absolute atomic E-state index is 0.0718. The molecular formula is C14H11BrCl2N2O. The Labute approximate surface area is 135 Å². The van der Waals surface area contributed by atoms with E-state index in [9.17, 15) is 0 Å². The number of amidine groups is 1. The normalized spacial score (nSPS) is 10.3. The van der Waals surface area contributed by atoms with Crippen molar-refractivity contribution in [3.05, 3.63) is 62.0 Å². The number of hydrogen-bond acceptors (Lipinski definition) is 2. The fourth-order valence-corrected chi connectivity index (χ4v) is 2.60. The van der Waals surface area contributed by atoms with E-state index in [1.54, 1.807) is 18.2 Å². The Morgan fingerprint density at radius 2 is 1.90 bits per heavy atom. The second-order valence-electron chi connectivity index (χ2n) is 4.08. The Morgan fingerprint density at radius 3 is 2.50 bits per heavy atom. The van der Waals surface area contributed by atoms with Crippen LogP contribution < -0.4 is 10.5 Å². The zero-order valence-corrected chi connectivity index (χ0v) is 13.4. The van der Waals surface area contributed by atoms with Crippen LogP contribution in [0.1, 0.15) is 11.1 Å². The summed E-state index contributed by atoms with van der Waals surface area (Å²) in [4.78, 5) is 0. The first-order valence-electron chi connectivity index (χ1n) is 5.68. The summed E-state index contributed by atoms with van der Waals surface area (Å²) in [6, 6.07) is 10.6. The molecule has 3 N–H and O–H groups in total. The quantitative estimate of drug-likeness (QED) is 0.606. The van der Waals surface area contributed by atoms with Gasteiger partial charge < -0.3 is 10.5 Å². The van der Waals surface area contributed by atoms with Crippen molar-refractivity contribution in [2.24, 2.45) is 5.73 Å². The fraction of sp³-hybridized carbons (Fsp3) is 0.0714. The lowest BCUT2D eigenvalue weighted by Crippen LogP contribution is -2.11. The van der Waals surface area contributed by atoms with Crippen molar-refractivity contribution in [3.63, 3.8) is 0 Å². The first-order chi connectivity index (χ1) is 9.47. The van der Waals surface area contributed by atoms with Crippen molar-refractivity contribution in [2.75, 3.05) is 0 Å². The average molecular weight is 374 g/mol. The highest BCUT2D eigenvalue weighted by Gasteiger charge is 2.06. The molecule has 20 heavy (non-hydrogen) atoms. The van der Waals surface area contributed by atoms with Crippen LogP contribution in [0.3, 0.4) is 0 Å². The Balaban J connectivity index is 2.11. The number of hydrogen-bond donors (Lipinski definition) is 2. The van der Waals surface area contributed by atoms with E-state index < -0.39 is 0 Å². The van der Waals surface area contributed by atoms with Gasteiger partial charge in [-0.1, -0.05) is 45.2 Å². The van der Waals surface area contributed by atoms with Crippen molar-refractivity contribution in [1.29, 1.82) is 5.41 Å². The van der Waals surface area contributed by atoms with E-state index in [1.807, 2.05) is 18.2 Å². The molecule has 0 unspecified atom stereocenters. The molecule has 0 saturated heterocycles. The van der Waals surface area contributed by atoms with Crippen LogP contribution in [0.15, 0.2) is 40.9 Å². The summed E-state index contributed by atoms with van der Waals surface area (Å²) >= 11 is 15.5. The molecule has 0 fully saturated rings. The first-order valence-corrected chi connectivity index (χ1v) is 7.23. The third-order valence-electron chi connectivity index (χ3n) is 2.64. The standard InChI is InChI=1S/C14H11BrCl2N2O/c15-9-2-1-8(12(16)5-9)7-20-10-3-4-11(14(18)19)13(17)6-10/h1-6H,7H2,(H3,18,19). The Morgan fingerprint density at radius 1 is 1.15 bits per heavy atom. The molecule has 0 saturated carbocycles. The van der Waals surface area contributed by atoms with Gasteiger partial charge in [0, 0.05) is 20.6 Å². The molecule has 6 heteroatoms. The monoisotopic (exact) mass is 372 g/mol. The van der Waals surface area contributed by atoms with Gasteiger partial charge in [0.15, 0.2) is 0 Å². The number of benzene rings is 2. The SMILES string of the molecule is N=C(N)c1ccc(OCc2ccc(Br)cc2Cl)cc1Cl. The third-order valence-corrected chi connectivity index (χ3v) is 3.80. The van der Waals surface area contributed by atoms with Crippen LogP contribution in [0.4, 0.5) is 0 Å². The molecule has 0 atom stereocenters. The number of nitrogens with one attached hydrogen (secondary N) is 1. The number of halogens is 3. The van der Waals surface area contributed by atoms with Crippen LogP contribution in [-0.4, -0.2) is 5.84 Å². The van der Waals surface area contributed by atoms with E-state index in [0.29, 0.717) is 28.0 Å². The number of rotatable bonds is 4. The summed E-state index contributed by atoms with van der Waals surface area (Å²) in [5.41, 5.74) is 6.76. The Kier molecular flexibility index (Phi) is 4.91. The van der Waals surface area contributed by atoms with Gasteiger partial charge in [0.25, 0.3) is 0 Å². The summed E-state index contributed by atoms with van der Waals surface area (Å²) in [5, 5.41) is 8.38. The molecule has 0 amide bonds. The van der Waals surface area contributed by atoms with Crippen molar-refractivity contribution in [2.45, 2.75) is 6.61 Å². The van der Waals surface area contributed by atoms with Crippen LogP contribution in [0.5, 0.6) is 5.75 Å². The van der Waals surface area contributed by atoms with Crippen LogP contribution in [0, 0.1) is 5.41 Å². The van der Waals surface area contributed by atoms with E-state index in [-0.39, 0.29) is 5.84 Å². The summed E-state index contributed by atoms with van der Waals surface area (Å²) in [5.74, 6) is 0.525. The molecular weight excluding hydrogens is 363 g/mol. The van der Waals surface area contributed by atoms with E-state index in [4.69, 9.17) is 39.1 Å². The molecule has 0 spiro atoms. The van der Waals surface area contributed by atoms with Crippen LogP contribution in [-0.2, 0) is 6.61 Å². The highest BCUT2D eigenvalue weighted by atomic mass is 79.9. The second kappa shape index (κ2) is 6.48. The lowest BCUT2D eigenvalue weighted by molar-refractivity contribution is 0.306. The molecule has 0 aliphatic rings. The number of ether oxygens (including phenoxy) is 1. The van der Waals surface area contributed by atoms with Gasteiger partial charge in [0.05, 0.1) is 5.02 Å². The Bertz CT molecular complexity index is 662. The predicted molar refractivity (Wildman–Crippen MR) is 86.0 cm³/mol. The molecule has 0 heterocycles. The van der Waals surface area contributed by atoms with E-state index in [2.05, 4.69) is 15.9 Å². The molecule has 0 aliphatic heterocycles. The van der Waals surface area contributed by atoms with Crippen molar-refractivity contribution >= 4 is 45.0 Å². The zero-order chi connectivity index (χ0) is 14.7. The van der Waals surface area contributed by atoms with Gasteiger partial charge in [-0.15, -0.1) is 0 Å². The van der Waals surface area contributed by atoms with Gasteiger partial charge in [0.2, 0.25) is 0 Å². The summed E-state index contributed by atoms with van der Waals surface area (Å²) in [7, 11) is 0. The predicted octanol–water partition coefficient (Wildman–Crippen LogP) is 4.62. The maximum absolute atomic E-state index is 7.36. The number of nitrogens with two attached hydrogens (primary N) is 1. The maximum atomic E-state index is 7.36. The lowest BCUT2D eigenvalue weighted by Gasteiger charge is -2.10. The van der Waals surface area contributed by atoms with Gasteiger partial charge in [-0.25, -0.2) is 0 Å². The number of nitrogen functional groups attached to an aromatic ring is 1. The summed E-state index contributed by atoms with van der Waals surface area (Å²) < 4.78 is 6.55. The lowest BCUT2D eigenvalue weighted by atomic mass is 10.2. The van der Waals surface area contributed by atoms with Crippen molar-refractivity contribution in [1.82, 2.24) is 0 Å². The third kappa shape index (κ3) is 3.66. The average Bonchev–Trinajstić information content (AvgIpc) is 2.37. The second-order valence-corrected chi connectivity index (χ2v) is 5.81. The molecule has 104 valence electrons. The van der Waals surface area contributed by atoms with Gasteiger partial charge >= 0.3 is 0 Å². The highest BCUT2D eigenvalue weighted by Crippen LogP contribution is 2.25. The minimum atomic E-state index is -0.0718. The largest absolute Gasteiger partial charge is 0.489 e. The van der Waals surface area contributed by atoms with E-state index in [1.165, 1.54) is 0 Å². The van der Waals surface area contributed by atoms with E-state index in [0.717, 1.165) is 10.0 Å². The van der Waals surface area contributed by atoms with Crippen molar-refractivity contribution in [3.8, 4) is 5.75 Å². The molecule has 0 radical (unpaired) electrons. The summed E-state index contributed by atoms with van der Waals surface area (Å²) in [6.07, 6.45) is 0.